The van der Waals surface area contributed by atoms with E-state index in [1.807, 2.05) is 0 Å². The summed E-state index contributed by atoms with van der Waals surface area (Å²) in [6, 6.07) is 0.0194. The molecule has 2 N–H and O–H groups in total. The van der Waals surface area contributed by atoms with Crippen molar-refractivity contribution < 1.29 is 18.3 Å². The van der Waals surface area contributed by atoms with Crippen molar-refractivity contribution >= 4 is 16.0 Å². The first-order valence-corrected chi connectivity index (χ1v) is 7.65. The monoisotopic (exact) mass is 285 g/mol. The van der Waals surface area contributed by atoms with Gasteiger partial charge in [-0.15, -0.1) is 0 Å². The van der Waals surface area contributed by atoms with Crippen molar-refractivity contribution in [3.63, 3.8) is 0 Å². The van der Waals surface area contributed by atoms with Gasteiger partial charge >= 0.3 is 5.97 Å². The van der Waals surface area contributed by atoms with Crippen molar-refractivity contribution in [2.75, 3.05) is 6.54 Å². The zero-order chi connectivity index (χ0) is 13.8. The van der Waals surface area contributed by atoms with E-state index in [0.717, 1.165) is 19.3 Å². The van der Waals surface area contributed by atoms with Crippen LogP contribution in [-0.2, 0) is 10.0 Å². The minimum absolute atomic E-state index is 0.0194. The minimum Gasteiger partial charge on any atom is -0.476 e. The Kier molecular flexibility index (Phi) is 2.68. The van der Waals surface area contributed by atoms with Crippen molar-refractivity contribution in [2.24, 2.45) is 5.92 Å². The summed E-state index contributed by atoms with van der Waals surface area (Å²) in [5, 5.41) is 15.1. The van der Waals surface area contributed by atoms with E-state index in [9.17, 15) is 13.2 Å². The van der Waals surface area contributed by atoms with Gasteiger partial charge in [-0.3, -0.25) is 5.10 Å². The third-order valence-electron chi connectivity index (χ3n) is 4.02. The summed E-state index contributed by atoms with van der Waals surface area (Å²) < 4.78 is 26.7. The number of aromatic nitrogens is 2. The van der Waals surface area contributed by atoms with Gasteiger partial charge in [0.1, 0.15) is 4.90 Å². The Bertz CT molecular complexity index is 636. The van der Waals surface area contributed by atoms with Gasteiger partial charge in [-0.05, 0) is 32.1 Å². The lowest BCUT2D eigenvalue weighted by Gasteiger charge is -2.26. The maximum absolute atomic E-state index is 12.6. The molecule has 2 fully saturated rings. The summed E-state index contributed by atoms with van der Waals surface area (Å²) >= 11 is 0. The second kappa shape index (κ2) is 4.04. The Labute approximate surface area is 110 Å². The maximum atomic E-state index is 12.6. The number of aromatic amines is 1. The first-order chi connectivity index (χ1) is 8.91. The van der Waals surface area contributed by atoms with E-state index in [-0.39, 0.29) is 16.6 Å². The molecule has 1 aromatic heterocycles. The molecule has 1 aliphatic heterocycles. The Morgan fingerprint density at radius 1 is 1.47 bits per heavy atom. The highest BCUT2D eigenvalue weighted by atomic mass is 32.2. The van der Waals surface area contributed by atoms with Gasteiger partial charge in [0.05, 0.1) is 5.69 Å². The maximum Gasteiger partial charge on any atom is 0.357 e. The fraction of sp³-hybridized carbons (Fsp3) is 0.636. The van der Waals surface area contributed by atoms with Crippen LogP contribution in [0.3, 0.4) is 0 Å². The first kappa shape index (κ1) is 12.6. The molecule has 1 saturated heterocycles. The van der Waals surface area contributed by atoms with Crippen LogP contribution in [0.5, 0.6) is 0 Å². The number of carboxylic acids is 1. The second-order valence-corrected chi connectivity index (χ2v) is 7.07. The fourth-order valence-corrected chi connectivity index (χ4v) is 5.21. The summed E-state index contributed by atoms with van der Waals surface area (Å²) in [6.07, 6.45) is 2.81. The van der Waals surface area contributed by atoms with E-state index in [4.69, 9.17) is 5.11 Å². The standard InChI is InChI=1S/C11H15N3O4S/c1-6-10(9(11(15)16)13-12-6)19(17,18)14-5-7-2-3-8(14)4-7/h7-8H,2-5H2,1H3,(H,12,13)(H,15,16). The summed E-state index contributed by atoms with van der Waals surface area (Å²) in [7, 11) is -3.77. The van der Waals surface area contributed by atoms with E-state index in [0.29, 0.717) is 12.5 Å². The normalized spacial score (nSPS) is 27.0. The van der Waals surface area contributed by atoms with Gasteiger partial charge in [0, 0.05) is 12.6 Å². The molecule has 0 amide bonds. The number of hydrogen-bond donors (Lipinski definition) is 2. The van der Waals surface area contributed by atoms with Gasteiger partial charge in [0.15, 0.2) is 5.69 Å². The van der Waals surface area contributed by atoms with Crippen molar-refractivity contribution in [3.8, 4) is 0 Å². The molecular weight excluding hydrogens is 270 g/mol. The molecule has 7 nitrogen and oxygen atoms in total. The molecule has 1 aromatic rings. The number of rotatable bonds is 3. The molecule has 0 spiro atoms. The van der Waals surface area contributed by atoms with Gasteiger partial charge in [-0.1, -0.05) is 0 Å². The van der Waals surface area contributed by atoms with Crippen LogP contribution >= 0.6 is 0 Å². The number of piperidine rings is 1. The molecule has 2 atom stereocenters. The molecule has 2 aliphatic rings. The first-order valence-electron chi connectivity index (χ1n) is 6.21. The second-order valence-electron chi connectivity index (χ2n) is 5.24. The van der Waals surface area contributed by atoms with E-state index in [1.54, 1.807) is 0 Å². The number of carbonyl (C=O) groups is 1. The van der Waals surface area contributed by atoms with Crippen LogP contribution in [0.2, 0.25) is 0 Å². The Hall–Kier alpha value is -1.41. The molecular formula is C11H15N3O4S. The lowest BCUT2D eigenvalue weighted by atomic mass is 10.1. The molecule has 8 heteroatoms. The Morgan fingerprint density at radius 3 is 2.74 bits per heavy atom. The average molecular weight is 285 g/mol. The van der Waals surface area contributed by atoms with Crippen molar-refractivity contribution in [3.05, 3.63) is 11.4 Å². The molecule has 0 aromatic carbocycles. The third-order valence-corrected chi connectivity index (χ3v) is 6.10. The predicted molar refractivity (Wildman–Crippen MR) is 65.3 cm³/mol. The summed E-state index contributed by atoms with van der Waals surface area (Å²) in [5.41, 5.74) is -0.138. The molecule has 2 unspecified atom stereocenters. The zero-order valence-electron chi connectivity index (χ0n) is 10.5. The van der Waals surface area contributed by atoms with Gasteiger partial charge in [0.25, 0.3) is 0 Å². The SMILES string of the molecule is Cc1[nH]nc(C(=O)O)c1S(=O)(=O)N1CC2CCC1C2. The van der Waals surface area contributed by atoms with Crippen molar-refractivity contribution in [2.45, 2.75) is 37.1 Å². The number of H-pyrrole nitrogens is 1. The smallest absolute Gasteiger partial charge is 0.357 e. The van der Waals surface area contributed by atoms with Crippen LogP contribution in [0, 0.1) is 12.8 Å². The van der Waals surface area contributed by atoms with Gasteiger partial charge < -0.3 is 5.11 Å². The number of carboxylic acid groups (broad SMARTS) is 1. The quantitative estimate of drug-likeness (QED) is 0.846. The Balaban J connectivity index is 2.06. The molecule has 2 heterocycles. The largest absolute Gasteiger partial charge is 0.476 e. The zero-order valence-corrected chi connectivity index (χ0v) is 11.3. The summed E-state index contributed by atoms with van der Waals surface area (Å²) in [5.74, 6) is -0.910. The number of aromatic carboxylic acids is 1. The van der Waals surface area contributed by atoms with Crippen LogP contribution in [-0.4, -0.2) is 46.6 Å². The number of nitrogens with one attached hydrogen (secondary N) is 1. The summed E-state index contributed by atoms with van der Waals surface area (Å²) in [4.78, 5) is 10.9. The molecule has 1 aliphatic carbocycles. The lowest BCUT2D eigenvalue weighted by molar-refractivity contribution is 0.0686. The highest BCUT2D eigenvalue weighted by Crippen LogP contribution is 2.41. The fourth-order valence-electron chi connectivity index (χ4n) is 3.17. The number of nitrogens with zero attached hydrogens (tertiary/aromatic N) is 2. The van der Waals surface area contributed by atoms with Gasteiger partial charge in [-0.2, -0.15) is 9.40 Å². The van der Waals surface area contributed by atoms with E-state index in [1.165, 1.54) is 11.2 Å². The van der Waals surface area contributed by atoms with Gasteiger partial charge in [-0.25, -0.2) is 13.2 Å². The lowest BCUT2D eigenvalue weighted by Crippen LogP contribution is -2.38. The number of aryl methyl sites for hydroxylation is 1. The molecule has 3 rings (SSSR count). The number of sulfonamides is 1. The van der Waals surface area contributed by atoms with Crippen LogP contribution in [0.25, 0.3) is 0 Å². The van der Waals surface area contributed by atoms with E-state index >= 15 is 0 Å². The molecule has 0 radical (unpaired) electrons. The average Bonchev–Trinajstić information content (AvgIpc) is 3.01. The number of hydrogen-bond acceptors (Lipinski definition) is 4. The third kappa shape index (κ3) is 1.78. The Morgan fingerprint density at radius 2 is 2.21 bits per heavy atom. The van der Waals surface area contributed by atoms with E-state index < -0.39 is 21.7 Å². The van der Waals surface area contributed by atoms with Crippen molar-refractivity contribution in [1.29, 1.82) is 0 Å². The topological polar surface area (TPSA) is 103 Å². The highest BCUT2D eigenvalue weighted by molar-refractivity contribution is 7.89. The van der Waals surface area contributed by atoms with Gasteiger partial charge in [0.2, 0.25) is 10.0 Å². The minimum atomic E-state index is -3.77. The predicted octanol–water partition coefficient (Wildman–Crippen LogP) is 0.589. The highest BCUT2D eigenvalue weighted by Gasteiger charge is 2.46. The van der Waals surface area contributed by atoms with Crippen LogP contribution in [0.1, 0.15) is 35.4 Å². The molecule has 2 bridgehead atoms. The van der Waals surface area contributed by atoms with E-state index in [2.05, 4.69) is 10.2 Å². The van der Waals surface area contributed by atoms with Crippen LogP contribution in [0.4, 0.5) is 0 Å². The molecule has 104 valence electrons. The van der Waals surface area contributed by atoms with Crippen LogP contribution < -0.4 is 0 Å². The van der Waals surface area contributed by atoms with Crippen LogP contribution in [0.15, 0.2) is 4.90 Å². The molecule has 1 saturated carbocycles. The molecule has 19 heavy (non-hydrogen) atoms. The van der Waals surface area contributed by atoms with Crippen molar-refractivity contribution in [1.82, 2.24) is 14.5 Å². The summed E-state index contributed by atoms with van der Waals surface area (Å²) in [6.45, 7) is 2.03. The number of fused-ring (bicyclic) bond motifs is 2.